The molecule has 1 aliphatic carbocycles. The maximum absolute atomic E-state index is 13.6. The van der Waals surface area contributed by atoms with Crippen LogP contribution in [-0.2, 0) is 4.74 Å². The van der Waals surface area contributed by atoms with Gasteiger partial charge in [-0.2, -0.15) is 0 Å². The van der Waals surface area contributed by atoms with E-state index in [1.807, 2.05) is 12.1 Å². The van der Waals surface area contributed by atoms with Gasteiger partial charge in [-0.25, -0.2) is 4.39 Å². The van der Waals surface area contributed by atoms with E-state index in [1.54, 1.807) is 6.07 Å². The molecule has 1 aliphatic rings. The minimum absolute atomic E-state index is 0.100. The highest BCUT2D eigenvalue weighted by atomic mass is 127. The van der Waals surface area contributed by atoms with Crippen LogP contribution in [0.25, 0.3) is 0 Å². The van der Waals surface area contributed by atoms with Gasteiger partial charge in [0, 0.05) is 16.6 Å². The van der Waals surface area contributed by atoms with Gasteiger partial charge in [0.25, 0.3) is 0 Å². The van der Waals surface area contributed by atoms with Crippen LogP contribution in [0.4, 0.5) is 4.39 Å². The molecule has 0 spiro atoms. The molecule has 3 heteroatoms. The van der Waals surface area contributed by atoms with Gasteiger partial charge in [-0.05, 0) is 18.4 Å². The van der Waals surface area contributed by atoms with Crippen molar-refractivity contribution in [2.24, 2.45) is 5.92 Å². The first-order chi connectivity index (χ1) is 8.31. The van der Waals surface area contributed by atoms with Crippen LogP contribution < -0.4 is 0 Å². The van der Waals surface area contributed by atoms with E-state index in [1.165, 1.54) is 25.3 Å². The van der Waals surface area contributed by atoms with Crippen molar-refractivity contribution in [3.63, 3.8) is 0 Å². The molecule has 1 unspecified atom stereocenters. The van der Waals surface area contributed by atoms with Crippen molar-refractivity contribution >= 4 is 22.6 Å². The van der Waals surface area contributed by atoms with Gasteiger partial charge in [-0.1, -0.05) is 60.1 Å². The lowest BCUT2D eigenvalue weighted by atomic mass is 9.83. The molecule has 1 saturated carbocycles. The monoisotopic (exact) mass is 348 g/mol. The van der Waals surface area contributed by atoms with E-state index in [9.17, 15) is 4.39 Å². The first-order valence-corrected chi connectivity index (χ1v) is 7.76. The van der Waals surface area contributed by atoms with Crippen LogP contribution in [0.3, 0.4) is 0 Å². The second-order valence-electron chi connectivity index (χ2n) is 4.62. The van der Waals surface area contributed by atoms with Gasteiger partial charge in [-0.15, -0.1) is 0 Å². The van der Waals surface area contributed by atoms with E-state index < -0.39 is 0 Å². The molecule has 0 bridgehead atoms. The summed E-state index contributed by atoms with van der Waals surface area (Å²) in [6, 6.07) is 6.91. The smallest absolute Gasteiger partial charge is 0.129 e. The van der Waals surface area contributed by atoms with Crippen molar-refractivity contribution in [1.82, 2.24) is 0 Å². The molecule has 0 aliphatic heterocycles. The van der Waals surface area contributed by atoms with E-state index in [2.05, 4.69) is 22.6 Å². The Kier molecular flexibility index (Phi) is 5.22. The Balaban J connectivity index is 1.85. The number of hydrogen-bond acceptors (Lipinski definition) is 1. The SMILES string of the molecule is Fc1ccccc1C(CI)OCCC1CCC1. The molecule has 0 N–H and O–H groups in total. The molecule has 1 nitrogen and oxygen atoms in total. The molecule has 1 fully saturated rings. The maximum atomic E-state index is 13.6. The Morgan fingerprint density at radius 1 is 1.35 bits per heavy atom. The van der Waals surface area contributed by atoms with Gasteiger partial charge < -0.3 is 4.74 Å². The van der Waals surface area contributed by atoms with E-state index in [0.29, 0.717) is 5.56 Å². The fraction of sp³-hybridized carbons (Fsp3) is 0.571. The first-order valence-electron chi connectivity index (χ1n) is 6.23. The predicted molar refractivity (Wildman–Crippen MR) is 75.9 cm³/mol. The third-order valence-electron chi connectivity index (χ3n) is 3.46. The van der Waals surface area contributed by atoms with Crippen LogP contribution in [0.2, 0.25) is 0 Å². The molecule has 0 amide bonds. The summed E-state index contributed by atoms with van der Waals surface area (Å²) in [5, 5.41) is 0. The predicted octanol–water partition coefficient (Wildman–Crippen LogP) is 4.51. The Hall–Kier alpha value is -0.160. The summed E-state index contributed by atoms with van der Waals surface area (Å²) >= 11 is 2.26. The normalized spacial score (nSPS) is 17.8. The van der Waals surface area contributed by atoms with Gasteiger partial charge in [0.2, 0.25) is 0 Å². The maximum Gasteiger partial charge on any atom is 0.129 e. The summed E-state index contributed by atoms with van der Waals surface area (Å²) in [7, 11) is 0. The second-order valence-corrected chi connectivity index (χ2v) is 5.50. The molecular weight excluding hydrogens is 330 g/mol. The molecule has 2 rings (SSSR count). The minimum Gasteiger partial charge on any atom is -0.373 e. The molecule has 94 valence electrons. The van der Waals surface area contributed by atoms with Gasteiger partial charge in [-0.3, -0.25) is 0 Å². The third kappa shape index (κ3) is 3.65. The Morgan fingerprint density at radius 2 is 2.12 bits per heavy atom. The number of ether oxygens (including phenoxy) is 1. The van der Waals surface area contributed by atoms with Crippen molar-refractivity contribution < 1.29 is 9.13 Å². The third-order valence-corrected chi connectivity index (χ3v) is 4.26. The average Bonchev–Trinajstić information content (AvgIpc) is 2.28. The van der Waals surface area contributed by atoms with E-state index >= 15 is 0 Å². The second kappa shape index (κ2) is 6.69. The molecule has 0 aromatic heterocycles. The average molecular weight is 348 g/mol. The van der Waals surface area contributed by atoms with E-state index in [-0.39, 0.29) is 11.9 Å². The zero-order valence-electron chi connectivity index (χ0n) is 9.87. The molecule has 0 heterocycles. The minimum atomic E-state index is -0.155. The fourth-order valence-electron chi connectivity index (χ4n) is 2.11. The zero-order valence-corrected chi connectivity index (χ0v) is 12.0. The van der Waals surface area contributed by atoms with Crippen molar-refractivity contribution in [3.8, 4) is 0 Å². The summed E-state index contributed by atoms with van der Waals surface area (Å²) in [5.41, 5.74) is 0.690. The zero-order chi connectivity index (χ0) is 12.1. The lowest BCUT2D eigenvalue weighted by molar-refractivity contribution is 0.0510. The largest absolute Gasteiger partial charge is 0.373 e. The van der Waals surface area contributed by atoms with Crippen molar-refractivity contribution in [1.29, 1.82) is 0 Å². The molecule has 1 atom stereocenters. The Morgan fingerprint density at radius 3 is 2.71 bits per heavy atom. The molecule has 1 aromatic rings. The Labute approximate surface area is 116 Å². The summed E-state index contributed by atoms with van der Waals surface area (Å²) in [5.74, 6) is 0.697. The molecular formula is C14H18FIO. The number of rotatable bonds is 6. The Bertz CT molecular complexity index is 352. The lowest BCUT2D eigenvalue weighted by Gasteiger charge is -2.26. The van der Waals surface area contributed by atoms with Crippen LogP contribution >= 0.6 is 22.6 Å². The number of halogens is 2. The molecule has 0 saturated heterocycles. The van der Waals surface area contributed by atoms with Crippen LogP contribution in [0.15, 0.2) is 24.3 Å². The summed E-state index contributed by atoms with van der Waals surface area (Å²) in [6.45, 7) is 0.757. The molecule has 17 heavy (non-hydrogen) atoms. The fourth-order valence-corrected chi connectivity index (χ4v) is 2.84. The van der Waals surface area contributed by atoms with Crippen LogP contribution in [0.1, 0.15) is 37.4 Å². The summed E-state index contributed by atoms with van der Waals surface area (Å²) in [4.78, 5) is 0. The van der Waals surface area contributed by atoms with Gasteiger partial charge in [0.1, 0.15) is 5.82 Å². The number of hydrogen-bond donors (Lipinski definition) is 0. The highest BCUT2D eigenvalue weighted by Gasteiger charge is 2.19. The van der Waals surface area contributed by atoms with Gasteiger partial charge in [0.05, 0.1) is 6.10 Å². The standard InChI is InChI=1S/C14H18FIO/c15-13-7-2-1-6-12(13)14(10-16)17-9-8-11-4-3-5-11/h1-2,6-7,11,14H,3-5,8-10H2. The van der Waals surface area contributed by atoms with Crippen LogP contribution in [0, 0.1) is 11.7 Å². The quantitative estimate of drug-likeness (QED) is 0.543. The van der Waals surface area contributed by atoms with Crippen molar-refractivity contribution in [2.45, 2.75) is 31.8 Å². The summed E-state index contributed by atoms with van der Waals surface area (Å²) in [6.07, 6.45) is 5.09. The van der Waals surface area contributed by atoms with Gasteiger partial charge in [0.15, 0.2) is 0 Å². The van der Waals surface area contributed by atoms with E-state index in [0.717, 1.165) is 23.4 Å². The van der Waals surface area contributed by atoms with E-state index in [4.69, 9.17) is 4.74 Å². The van der Waals surface area contributed by atoms with Gasteiger partial charge >= 0.3 is 0 Å². The highest BCUT2D eigenvalue weighted by molar-refractivity contribution is 14.1. The lowest BCUT2D eigenvalue weighted by Crippen LogP contribution is -2.16. The molecule has 1 aromatic carbocycles. The number of alkyl halides is 1. The van der Waals surface area contributed by atoms with Crippen molar-refractivity contribution in [3.05, 3.63) is 35.6 Å². The summed E-state index contributed by atoms with van der Waals surface area (Å²) < 4.78 is 20.2. The first kappa shape index (κ1) is 13.3. The molecule has 0 radical (unpaired) electrons. The number of benzene rings is 1. The van der Waals surface area contributed by atoms with Crippen LogP contribution in [-0.4, -0.2) is 11.0 Å². The topological polar surface area (TPSA) is 9.23 Å². The van der Waals surface area contributed by atoms with Crippen LogP contribution in [0.5, 0.6) is 0 Å². The highest BCUT2D eigenvalue weighted by Crippen LogP contribution is 2.30. The van der Waals surface area contributed by atoms with Crippen molar-refractivity contribution in [2.75, 3.05) is 11.0 Å².